The van der Waals surface area contributed by atoms with Crippen LogP contribution in [0.2, 0.25) is 0 Å². The molecule has 0 aliphatic heterocycles. The van der Waals surface area contributed by atoms with Crippen LogP contribution in [-0.2, 0) is 0 Å². The van der Waals surface area contributed by atoms with Gasteiger partial charge >= 0.3 is 0 Å². The van der Waals surface area contributed by atoms with E-state index in [2.05, 4.69) is 27.3 Å². The second kappa shape index (κ2) is 8.55. The minimum Gasteiger partial charge on any atom is -0.279 e. The van der Waals surface area contributed by atoms with Crippen LogP contribution in [-0.4, -0.2) is 30.9 Å². The quantitative estimate of drug-likeness (QED) is 0.307. The van der Waals surface area contributed by atoms with Crippen LogP contribution in [0.1, 0.15) is 23.7 Å². The van der Waals surface area contributed by atoms with Crippen molar-refractivity contribution in [2.45, 2.75) is 30.7 Å². The third-order valence-electron chi connectivity index (χ3n) is 5.58. The molecule has 5 aromatic rings. The molecule has 0 radical (unpaired) electrons. The van der Waals surface area contributed by atoms with Crippen LogP contribution in [0.3, 0.4) is 0 Å². The van der Waals surface area contributed by atoms with Crippen molar-refractivity contribution in [3.05, 3.63) is 84.6 Å². The van der Waals surface area contributed by atoms with Crippen molar-refractivity contribution < 1.29 is 4.79 Å². The highest BCUT2D eigenvalue weighted by molar-refractivity contribution is 8.00. The fourth-order valence-electron chi connectivity index (χ4n) is 3.91. The van der Waals surface area contributed by atoms with E-state index in [1.165, 1.54) is 17.3 Å². The van der Waals surface area contributed by atoms with Crippen molar-refractivity contribution in [3.8, 4) is 11.3 Å². The number of aryl methyl sites for hydroxylation is 1. The van der Waals surface area contributed by atoms with Gasteiger partial charge in [-0.05, 0) is 25.5 Å². The molecule has 1 atom stereocenters. The molecule has 32 heavy (non-hydrogen) atoms. The molecule has 1 unspecified atom stereocenters. The molecule has 2 aromatic heterocycles. The lowest BCUT2D eigenvalue weighted by Crippen LogP contribution is -2.23. The van der Waals surface area contributed by atoms with Gasteiger partial charge in [0.05, 0.1) is 22.5 Å². The third kappa shape index (κ3) is 3.67. The topological polar surface area (TPSA) is 60.7 Å². The van der Waals surface area contributed by atoms with Gasteiger partial charge in [0.25, 0.3) is 0 Å². The molecule has 6 heteroatoms. The number of thioether (sulfide) groups is 1. The minimum atomic E-state index is -0.318. The van der Waals surface area contributed by atoms with Gasteiger partial charge in [-0.15, -0.1) is 10.2 Å². The Morgan fingerprint density at radius 2 is 1.53 bits per heavy atom. The number of benzene rings is 3. The molecule has 0 amide bonds. The first-order chi connectivity index (χ1) is 15.7. The van der Waals surface area contributed by atoms with Crippen molar-refractivity contribution in [3.63, 3.8) is 0 Å². The number of hydrogen-bond donors (Lipinski definition) is 0. The van der Waals surface area contributed by atoms with Gasteiger partial charge in [-0.2, -0.15) is 0 Å². The molecule has 5 nitrogen and oxygen atoms in total. The molecule has 0 aliphatic carbocycles. The first-order valence-corrected chi connectivity index (χ1v) is 11.5. The van der Waals surface area contributed by atoms with Crippen molar-refractivity contribution in [2.75, 3.05) is 0 Å². The van der Waals surface area contributed by atoms with Crippen LogP contribution in [0.25, 0.3) is 33.1 Å². The van der Waals surface area contributed by atoms with E-state index >= 15 is 0 Å². The average Bonchev–Trinajstić information content (AvgIpc) is 3.17. The van der Waals surface area contributed by atoms with E-state index < -0.39 is 0 Å². The number of aromatic nitrogens is 4. The molecular weight excluding hydrogens is 416 g/mol. The fraction of sp³-hybridized carbons (Fsp3) is 0.154. The van der Waals surface area contributed by atoms with Gasteiger partial charge in [0.1, 0.15) is 5.69 Å². The first-order valence-electron chi connectivity index (χ1n) is 10.6. The van der Waals surface area contributed by atoms with Crippen molar-refractivity contribution in [1.29, 1.82) is 0 Å². The summed E-state index contributed by atoms with van der Waals surface area (Å²) in [5.41, 5.74) is 4.73. The highest BCUT2D eigenvalue weighted by atomic mass is 32.2. The predicted molar refractivity (Wildman–Crippen MR) is 130 cm³/mol. The number of para-hydroxylation sites is 2. The smallest absolute Gasteiger partial charge is 0.245 e. The van der Waals surface area contributed by atoms with E-state index in [0.29, 0.717) is 11.6 Å². The maximum atomic E-state index is 13.7. The standard InChI is InChI=1S/C26H22N4OS/c1-3-24(32-26-27-16-21(28-29-26)18-14-12-17(2)13-15-18)25(31)30-22-10-6-4-8-19(22)20-9-5-7-11-23(20)30/h4-16,24H,3H2,1-2H3. The summed E-state index contributed by atoms with van der Waals surface area (Å²) < 4.78 is 1.83. The number of carbonyl (C=O) groups is 1. The van der Waals surface area contributed by atoms with Gasteiger partial charge in [-0.25, -0.2) is 4.98 Å². The van der Waals surface area contributed by atoms with Crippen molar-refractivity contribution >= 4 is 39.5 Å². The van der Waals surface area contributed by atoms with Gasteiger partial charge in [-0.1, -0.05) is 84.9 Å². The van der Waals surface area contributed by atoms with Crippen LogP contribution in [0.4, 0.5) is 0 Å². The Morgan fingerprint density at radius 1 is 0.906 bits per heavy atom. The Kier molecular flexibility index (Phi) is 5.45. The summed E-state index contributed by atoms with van der Waals surface area (Å²) in [5, 5.41) is 11.0. The third-order valence-corrected chi connectivity index (χ3v) is 6.80. The summed E-state index contributed by atoms with van der Waals surface area (Å²) in [7, 11) is 0. The Labute approximate surface area is 190 Å². The normalized spacial score (nSPS) is 12.3. The van der Waals surface area contributed by atoms with Gasteiger partial charge in [0.2, 0.25) is 11.1 Å². The maximum Gasteiger partial charge on any atom is 0.245 e. The molecule has 0 N–H and O–H groups in total. The van der Waals surface area contributed by atoms with Crippen LogP contribution in [0, 0.1) is 6.92 Å². The number of rotatable bonds is 5. The zero-order valence-electron chi connectivity index (χ0n) is 17.9. The summed E-state index contributed by atoms with van der Waals surface area (Å²) in [6, 6.07) is 24.2. The zero-order valence-corrected chi connectivity index (χ0v) is 18.7. The van der Waals surface area contributed by atoms with Gasteiger partial charge in [0.15, 0.2) is 0 Å². The summed E-state index contributed by atoms with van der Waals surface area (Å²) in [4.78, 5) is 18.1. The van der Waals surface area contributed by atoms with E-state index in [9.17, 15) is 4.79 Å². The lowest BCUT2D eigenvalue weighted by Gasteiger charge is -2.14. The summed E-state index contributed by atoms with van der Waals surface area (Å²) >= 11 is 1.36. The molecular formula is C26H22N4OS. The maximum absolute atomic E-state index is 13.7. The Hall–Kier alpha value is -3.51. The Morgan fingerprint density at radius 3 is 2.09 bits per heavy atom. The number of hydrogen-bond acceptors (Lipinski definition) is 5. The fourth-order valence-corrected chi connectivity index (χ4v) is 4.74. The van der Waals surface area contributed by atoms with Crippen LogP contribution in [0.15, 0.2) is 84.1 Å². The molecule has 0 fully saturated rings. The van der Waals surface area contributed by atoms with Gasteiger partial charge < -0.3 is 0 Å². The molecule has 0 spiro atoms. The lowest BCUT2D eigenvalue weighted by atomic mass is 10.1. The largest absolute Gasteiger partial charge is 0.279 e. The second-order valence-electron chi connectivity index (χ2n) is 7.71. The Bertz CT molecular complexity index is 1350. The summed E-state index contributed by atoms with van der Waals surface area (Å²) in [6.07, 6.45) is 2.38. The molecule has 0 aliphatic rings. The molecule has 0 saturated carbocycles. The second-order valence-corrected chi connectivity index (χ2v) is 8.88. The number of fused-ring (bicyclic) bond motifs is 3. The SMILES string of the molecule is CCC(Sc1ncc(-c2ccc(C)cc2)nn1)C(=O)n1c2ccccc2c2ccccc21. The van der Waals surface area contributed by atoms with E-state index in [4.69, 9.17) is 0 Å². The van der Waals surface area contributed by atoms with E-state index in [0.717, 1.165) is 33.1 Å². The van der Waals surface area contributed by atoms with E-state index in [1.54, 1.807) is 6.20 Å². The van der Waals surface area contributed by atoms with E-state index in [1.807, 2.05) is 79.1 Å². The summed E-state index contributed by atoms with van der Waals surface area (Å²) in [6.45, 7) is 4.06. The van der Waals surface area contributed by atoms with Crippen LogP contribution in [0.5, 0.6) is 0 Å². The highest BCUT2D eigenvalue weighted by Crippen LogP contribution is 2.32. The molecule has 0 bridgehead atoms. The lowest BCUT2D eigenvalue weighted by molar-refractivity contribution is 0.0919. The average molecular weight is 439 g/mol. The van der Waals surface area contributed by atoms with Gasteiger partial charge in [0, 0.05) is 16.3 Å². The molecule has 158 valence electrons. The summed E-state index contributed by atoms with van der Waals surface area (Å²) in [5.74, 6) is 0.0288. The van der Waals surface area contributed by atoms with Crippen LogP contribution >= 0.6 is 11.8 Å². The Balaban J connectivity index is 1.45. The first kappa shape index (κ1) is 20.4. The van der Waals surface area contributed by atoms with Crippen LogP contribution < -0.4 is 0 Å². The highest BCUT2D eigenvalue weighted by Gasteiger charge is 2.25. The van der Waals surface area contributed by atoms with Gasteiger partial charge in [-0.3, -0.25) is 9.36 Å². The number of carbonyl (C=O) groups excluding carboxylic acids is 1. The predicted octanol–water partition coefficient (Wildman–Crippen LogP) is 6.17. The zero-order chi connectivity index (χ0) is 22.1. The van der Waals surface area contributed by atoms with Crippen molar-refractivity contribution in [1.82, 2.24) is 19.7 Å². The molecule has 2 heterocycles. The molecule has 0 saturated heterocycles. The molecule has 3 aromatic carbocycles. The molecule has 5 rings (SSSR count). The van der Waals surface area contributed by atoms with Crippen molar-refractivity contribution in [2.24, 2.45) is 0 Å². The minimum absolute atomic E-state index is 0.0288. The van der Waals surface area contributed by atoms with E-state index in [-0.39, 0.29) is 11.2 Å². The number of nitrogens with zero attached hydrogens (tertiary/aromatic N) is 4. The monoisotopic (exact) mass is 438 g/mol.